The summed E-state index contributed by atoms with van der Waals surface area (Å²) in [6.45, 7) is 2.84. The highest BCUT2D eigenvalue weighted by Gasteiger charge is 2.25. The van der Waals surface area contributed by atoms with E-state index in [0.717, 1.165) is 22.9 Å². The van der Waals surface area contributed by atoms with Crippen molar-refractivity contribution < 1.29 is 0 Å². The van der Waals surface area contributed by atoms with E-state index < -0.39 is 0 Å². The van der Waals surface area contributed by atoms with Gasteiger partial charge in [-0.2, -0.15) is 10.4 Å². The van der Waals surface area contributed by atoms with Gasteiger partial charge in [0.05, 0.1) is 29.9 Å². The molecule has 0 amide bonds. The third-order valence-corrected chi connectivity index (χ3v) is 5.85. The molecule has 3 aromatic carbocycles. The molecule has 0 bridgehead atoms. The largest absolute Gasteiger partial charge is 0.382 e. The van der Waals surface area contributed by atoms with Crippen LogP contribution in [0.1, 0.15) is 41.5 Å². The maximum Gasteiger partial charge on any atom is 0.0995 e. The third kappa shape index (κ3) is 3.15. The van der Waals surface area contributed by atoms with Crippen molar-refractivity contribution in [1.82, 2.24) is 9.78 Å². The molecule has 29 heavy (non-hydrogen) atoms. The normalized spacial score (nSPS) is 18.1. The van der Waals surface area contributed by atoms with E-state index in [1.165, 1.54) is 16.8 Å². The van der Waals surface area contributed by atoms with Crippen molar-refractivity contribution in [3.8, 4) is 6.07 Å². The average molecular weight is 378 g/mol. The predicted molar refractivity (Wildman–Crippen MR) is 116 cm³/mol. The van der Waals surface area contributed by atoms with Crippen LogP contribution in [0.5, 0.6) is 0 Å². The number of anilines is 1. The lowest BCUT2D eigenvalue weighted by molar-refractivity contribution is 0.615. The summed E-state index contributed by atoms with van der Waals surface area (Å²) in [4.78, 5) is 0. The molecule has 1 aromatic heterocycles. The van der Waals surface area contributed by atoms with Crippen LogP contribution in [0, 0.1) is 11.3 Å². The summed E-state index contributed by atoms with van der Waals surface area (Å²) in [6, 6.07) is 25.7. The first-order chi connectivity index (χ1) is 14.2. The number of benzene rings is 3. The van der Waals surface area contributed by atoms with Crippen molar-refractivity contribution in [2.75, 3.05) is 5.32 Å². The van der Waals surface area contributed by atoms with E-state index in [4.69, 9.17) is 0 Å². The van der Waals surface area contributed by atoms with Crippen LogP contribution in [0.15, 0.2) is 72.9 Å². The van der Waals surface area contributed by atoms with Gasteiger partial charge in [-0.25, -0.2) is 0 Å². The Kier molecular flexibility index (Phi) is 4.29. The summed E-state index contributed by atoms with van der Waals surface area (Å²) in [5.74, 6) is 0.384. The zero-order valence-corrected chi connectivity index (χ0v) is 16.3. The first-order valence-electron chi connectivity index (χ1n) is 10.0. The lowest BCUT2D eigenvalue weighted by Crippen LogP contribution is -2.25. The number of aromatic nitrogens is 2. The Balaban J connectivity index is 1.51. The van der Waals surface area contributed by atoms with Gasteiger partial charge in [-0.1, -0.05) is 42.5 Å². The van der Waals surface area contributed by atoms with Crippen molar-refractivity contribution >= 4 is 16.6 Å². The number of nitrogens with one attached hydrogen (secondary N) is 1. The Hall–Kier alpha value is -3.58. The van der Waals surface area contributed by atoms with Gasteiger partial charge >= 0.3 is 0 Å². The average Bonchev–Trinajstić information content (AvgIpc) is 3.15. The standard InChI is InChI=1S/C25H22N4/c1-17-12-23(22-8-4-5-9-24(22)28-17)18-10-11-25-21(13-18)15-27-29(25)16-20-7-3-2-6-19(20)14-26/h2-11,13,15,17,23,28H,12,16H2,1H3. The molecular weight excluding hydrogens is 356 g/mol. The number of nitriles is 1. The zero-order chi connectivity index (χ0) is 19.8. The van der Waals surface area contributed by atoms with E-state index in [1.54, 1.807) is 0 Å². The Morgan fingerprint density at radius 3 is 2.83 bits per heavy atom. The SMILES string of the molecule is CC1CC(c2ccc3c(cnn3Cc3ccccc3C#N)c2)c2ccccc2N1. The first kappa shape index (κ1) is 17.5. The van der Waals surface area contributed by atoms with Gasteiger partial charge < -0.3 is 5.32 Å². The molecule has 4 heteroatoms. The van der Waals surface area contributed by atoms with Crippen LogP contribution in [-0.4, -0.2) is 15.8 Å². The smallest absolute Gasteiger partial charge is 0.0995 e. The number of rotatable bonds is 3. The van der Waals surface area contributed by atoms with Crippen LogP contribution < -0.4 is 5.32 Å². The summed E-state index contributed by atoms with van der Waals surface area (Å²) in [5, 5.41) is 18.7. The molecule has 0 aliphatic carbocycles. The van der Waals surface area contributed by atoms with E-state index in [2.05, 4.69) is 65.9 Å². The lowest BCUT2D eigenvalue weighted by atomic mass is 9.82. The maximum atomic E-state index is 9.36. The third-order valence-electron chi connectivity index (χ3n) is 5.85. The number of para-hydroxylation sites is 1. The maximum absolute atomic E-state index is 9.36. The van der Waals surface area contributed by atoms with Crippen LogP contribution in [0.3, 0.4) is 0 Å². The second kappa shape index (κ2) is 7.10. The van der Waals surface area contributed by atoms with Crippen LogP contribution in [0.2, 0.25) is 0 Å². The van der Waals surface area contributed by atoms with E-state index in [9.17, 15) is 5.26 Å². The minimum absolute atomic E-state index is 0.384. The Bertz CT molecular complexity index is 1230. The molecule has 142 valence electrons. The molecule has 0 radical (unpaired) electrons. The van der Waals surface area contributed by atoms with E-state index >= 15 is 0 Å². The van der Waals surface area contributed by atoms with Crippen molar-refractivity contribution in [2.45, 2.75) is 31.8 Å². The highest BCUT2D eigenvalue weighted by atomic mass is 15.3. The highest BCUT2D eigenvalue weighted by Crippen LogP contribution is 2.39. The van der Waals surface area contributed by atoms with E-state index in [1.807, 2.05) is 35.1 Å². The molecule has 1 N–H and O–H groups in total. The van der Waals surface area contributed by atoms with Gasteiger partial charge in [0.1, 0.15) is 0 Å². The van der Waals surface area contributed by atoms with Gasteiger partial charge in [-0.05, 0) is 54.3 Å². The quantitative estimate of drug-likeness (QED) is 0.527. The number of nitrogens with zero attached hydrogens (tertiary/aromatic N) is 3. The fraction of sp³-hybridized carbons (Fsp3) is 0.200. The lowest BCUT2D eigenvalue weighted by Gasteiger charge is -2.31. The highest BCUT2D eigenvalue weighted by molar-refractivity contribution is 5.80. The molecule has 0 saturated carbocycles. The second-order valence-electron chi connectivity index (χ2n) is 7.81. The molecule has 2 heterocycles. The molecule has 4 aromatic rings. The summed E-state index contributed by atoms with van der Waals surface area (Å²) in [5.41, 5.74) is 6.71. The monoisotopic (exact) mass is 378 g/mol. The van der Waals surface area contributed by atoms with Gasteiger partial charge in [-0.3, -0.25) is 4.68 Å². The minimum atomic E-state index is 0.384. The summed E-state index contributed by atoms with van der Waals surface area (Å²) >= 11 is 0. The van der Waals surface area contributed by atoms with Gasteiger partial charge in [0.25, 0.3) is 0 Å². The molecule has 0 spiro atoms. The van der Waals surface area contributed by atoms with E-state index in [0.29, 0.717) is 24.1 Å². The molecule has 2 unspecified atom stereocenters. The first-order valence-corrected chi connectivity index (χ1v) is 10.0. The fourth-order valence-corrected chi connectivity index (χ4v) is 4.43. The summed E-state index contributed by atoms with van der Waals surface area (Å²) in [7, 11) is 0. The van der Waals surface area contributed by atoms with E-state index in [-0.39, 0.29) is 0 Å². The molecule has 0 saturated heterocycles. The minimum Gasteiger partial charge on any atom is -0.382 e. The van der Waals surface area contributed by atoms with Crippen LogP contribution in [0.4, 0.5) is 5.69 Å². The van der Waals surface area contributed by atoms with Crippen molar-refractivity contribution in [2.24, 2.45) is 0 Å². The molecule has 5 rings (SSSR count). The Labute approximate surface area is 170 Å². The number of fused-ring (bicyclic) bond motifs is 2. The summed E-state index contributed by atoms with van der Waals surface area (Å²) in [6.07, 6.45) is 3.01. The van der Waals surface area contributed by atoms with Crippen molar-refractivity contribution in [3.05, 3.63) is 95.2 Å². The number of hydrogen-bond donors (Lipinski definition) is 1. The molecule has 4 nitrogen and oxygen atoms in total. The van der Waals surface area contributed by atoms with Gasteiger partial charge in [0.2, 0.25) is 0 Å². The zero-order valence-electron chi connectivity index (χ0n) is 16.3. The second-order valence-corrected chi connectivity index (χ2v) is 7.81. The van der Waals surface area contributed by atoms with Gasteiger partial charge in [0.15, 0.2) is 0 Å². The van der Waals surface area contributed by atoms with Crippen molar-refractivity contribution in [3.63, 3.8) is 0 Å². The number of hydrogen-bond acceptors (Lipinski definition) is 3. The van der Waals surface area contributed by atoms with Gasteiger partial charge in [0, 0.05) is 23.0 Å². The predicted octanol–water partition coefficient (Wildman–Crippen LogP) is 5.29. The summed E-state index contributed by atoms with van der Waals surface area (Å²) < 4.78 is 1.98. The molecule has 1 aliphatic rings. The molecule has 1 aliphatic heterocycles. The van der Waals surface area contributed by atoms with Gasteiger partial charge in [-0.15, -0.1) is 0 Å². The molecule has 0 fully saturated rings. The fourth-order valence-electron chi connectivity index (χ4n) is 4.43. The molecule has 2 atom stereocenters. The van der Waals surface area contributed by atoms with Crippen LogP contribution >= 0.6 is 0 Å². The Morgan fingerprint density at radius 1 is 1.10 bits per heavy atom. The topological polar surface area (TPSA) is 53.6 Å². The van der Waals surface area contributed by atoms with Crippen molar-refractivity contribution in [1.29, 1.82) is 5.26 Å². The van der Waals surface area contributed by atoms with Crippen LogP contribution in [0.25, 0.3) is 10.9 Å². The Morgan fingerprint density at radius 2 is 1.93 bits per heavy atom. The van der Waals surface area contributed by atoms with Crippen LogP contribution in [-0.2, 0) is 6.54 Å². The molecular formula is C25H22N4.